The van der Waals surface area contributed by atoms with Crippen LogP contribution < -0.4 is 9.46 Å². The molecule has 4 rings (SSSR count). The SMILES string of the molecule is COc1ccc(S(=O)(=O)Nc2ccc3c(c2)CN(S(=O)(=O)c2ccc(F)cc2)CC3)cc1. The first-order chi connectivity index (χ1) is 15.2. The number of nitrogens with one attached hydrogen (secondary N) is 1. The van der Waals surface area contributed by atoms with E-state index in [0.29, 0.717) is 23.4 Å². The van der Waals surface area contributed by atoms with Gasteiger partial charge in [0.1, 0.15) is 11.6 Å². The van der Waals surface area contributed by atoms with Crippen LogP contribution in [0.2, 0.25) is 0 Å². The summed E-state index contributed by atoms with van der Waals surface area (Å²) in [7, 11) is -6.14. The topological polar surface area (TPSA) is 92.8 Å². The molecular formula is C22H21FN2O5S2. The molecule has 0 fully saturated rings. The Morgan fingerprint density at radius 1 is 0.875 bits per heavy atom. The van der Waals surface area contributed by atoms with Gasteiger partial charge in [-0.15, -0.1) is 0 Å². The zero-order valence-electron chi connectivity index (χ0n) is 17.2. The maximum absolute atomic E-state index is 13.2. The fourth-order valence-corrected chi connectivity index (χ4v) is 5.99. The molecule has 1 aliphatic rings. The lowest BCUT2D eigenvalue weighted by Gasteiger charge is -2.28. The van der Waals surface area contributed by atoms with Gasteiger partial charge in [0.2, 0.25) is 10.0 Å². The number of sulfonamides is 2. The molecule has 1 N–H and O–H groups in total. The number of halogens is 1. The van der Waals surface area contributed by atoms with Crippen LogP contribution in [-0.4, -0.2) is 34.8 Å². The van der Waals surface area contributed by atoms with E-state index in [1.165, 1.54) is 35.7 Å². The summed E-state index contributed by atoms with van der Waals surface area (Å²) in [6, 6.07) is 15.8. The third-order valence-electron chi connectivity index (χ3n) is 5.26. The van der Waals surface area contributed by atoms with Crippen molar-refractivity contribution >= 4 is 25.7 Å². The maximum atomic E-state index is 13.2. The molecule has 32 heavy (non-hydrogen) atoms. The van der Waals surface area contributed by atoms with Crippen LogP contribution in [0.15, 0.2) is 76.5 Å². The molecule has 3 aromatic carbocycles. The van der Waals surface area contributed by atoms with Gasteiger partial charge >= 0.3 is 0 Å². The van der Waals surface area contributed by atoms with Crippen LogP contribution in [0, 0.1) is 5.82 Å². The van der Waals surface area contributed by atoms with E-state index in [1.54, 1.807) is 30.3 Å². The summed E-state index contributed by atoms with van der Waals surface area (Å²) in [4.78, 5) is 0.0928. The number of methoxy groups -OCH3 is 1. The molecule has 1 aliphatic heterocycles. The second kappa shape index (κ2) is 8.53. The van der Waals surface area contributed by atoms with Gasteiger partial charge in [-0.3, -0.25) is 4.72 Å². The van der Waals surface area contributed by atoms with E-state index in [9.17, 15) is 21.2 Å². The van der Waals surface area contributed by atoms with E-state index in [2.05, 4.69) is 4.72 Å². The van der Waals surface area contributed by atoms with Crippen molar-refractivity contribution in [1.82, 2.24) is 4.31 Å². The van der Waals surface area contributed by atoms with Crippen LogP contribution >= 0.6 is 0 Å². The molecule has 0 saturated heterocycles. The lowest BCUT2D eigenvalue weighted by Crippen LogP contribution is -2.36. The highest BCUT2D eigenvalue weighted by Gasteiger charge is 2.28. The standard InChI is InChI=1S/C22H21FN2O5S2/c1-30-20-6-10-21(11-7-20)31(26,27)24-19-5-2-16-12-13-25(15-17(16)14-19)32(28,29)22-8-3-18(23)4-9-22/h2-11,14,24H,12-13,15H2,1H3. The van der Waals surface area contributed by atoms with Gasteiger partial charge in [0.15, 0.2) is 0 Å². The number of anilines is 1. The molecule has 0 atom stereocenters. The van der Waals surface area contributed by atoms with E-state index in [0.717, 1.165) is 17.7 Å². The van der Waals surface area contributed by atoms with Crippen molar-refractivity contribution in [2.24, 2.45) is 0 Å². The molecule has 3 aromatic rings. The number of hydrogen-bond acceptors (Lipinski definition) is 5. The van der Waals surface area contributed by atoms with Gasteiger partial charge < -0.3 is 4.74 Å². The first-order valence-electron chi connectivity index (χ1n) is 9.73. The minimum absolute atomic E-state index is 0.0127. The van der Waals surface area contributed by atoms with Crippen LogP contribution in [0.4, 0.5) is 10.1 Å². The van der Waals surface area contributed by atoms with E-state index >= 15 is 0 Å². The maximum Gasteiger partial charge on any atom is 0.261 e. The highest BCUT2D eigenvalue weighted by molar-refractivity contribution is 7.92. The molecule has 0 amide bonds. The average Bonchev–Trinajstić information content (AvgIpc) is 2.78. The third-order valence-corrected chi connectivity index (χ3v) is 8.51. The second-order valence-corrected chi connectivity index (χ2v) is 10.9. The minimum Gasteiger partial charge on any atom is -0.497 e. The number of fused-ring (bicyclic) bond motifs is 1. The fourth-order valence-electron chi connectivity index (χ4n) is 3.52. The first-order valence-corrected chi connectivity index (χ1v) is 12.7. The van der Waals surface area contributed by atoms with E-state index in [-0.39, 0.29) is 22.9 Å². The van der Waals surface area contributed by atoms with Gasteiger partial charge in [-0.05, 0) is 78.2 Å². The zero-order chi connectivity index (χ0) is 22.9. The quantitative estimate of drug-likeness (QED) is 0.589. The molecule has 0 saturated carbocycles. The summed E-state index contributed by atoms with van der Waals surface area (Å²) in [5.74, 6) is 0.0295. The molecule has 0 radical (unpaired) electrons. The molecule has 0 aromatic heterocycles. The number of nitrogens with zero attached hydrogens (tertiary/aromatic N) is 1. The van der Waals surface area contributed by atoms with Crippen molar-refractivity contribution in [2.75, 3.05) is 18.4 Å². The number of hydrogen-bond donors (Lipinski definition) is 1. The number of rotatable bonds is 6. The molecule has 168 valence electrons. The van der Waals surface area contributed by atoms with Gasteiger partial charge in [0.25, 0.3) is 10.0 Å². The lowest BCUT2D eigenvalue weighted by atomic mass is 10.0. The Morgan fingerprint density at radius 2 is 1.53 bits per heavy atom. The highest BCUT2D eigenvalue weighted by atomic mass is 32.2. The minimum atomic E-state index is -3.83. The van der Waals surface area contributed by atoms with Crippen molar-refractivity contribution in [3.05, 3.63) is 83.7 Å². The van der Waals surface area contributed by atoms with Gasteiger partial charge in [-0.2, -0.15) is 4.31 Å². The predicted octanol–water partition coefficient (Wildman–Crippen LogP) is 3.38. The molecule has 7 nitrogen and oxygen atoms in total. The molecule has 0 aliphatic carbocycles. The summed E-state index contributed by atoms with van der Waals surface area (Å²) >= 11 is 0. The van der Waals surface area contributed by atoms with Crippen molar-refractivity contribution in [3.8, 4) is 5.75 Å². The highest BCUT2D eigenvalue weighted by Crippen LogP contribution is 2.28. The molecule has 0 spiro atoms. The van der Waals surface area contributed by atoms with Crippen molar-refractivity contribution in [1.29, 1.82) is 0 Å². The number of ether oxygens (including phenoxy) is 1. The smallest absolute Gasteiger partial charge is 0.261 e. The summed E-state index contributed by atoms with van der Waals surface area (Å²) in [5.41, 5.74) is 1.99. The monoisotopic (exact) mass is 476 g/mol. The summed E-state index contributed by atoms with van der Waals surface area (Å²) < 4.78 is 73.4. The largest absolute Gasteiger partial charge is 0.497 e. The Hall–Kier alpha value is -2.95. The average molecular weight is 477 g/mol. The first kappa shape index (κ1) is 22.3. The summed E-state index contributed by atoms with van der Waals surface area (Å²) in [5, 5.41) is 0. The van der Waals surface area contributed by atoms with Gasteiger partial charge in [-0.25, -0.2) is 21.2 Å². The van der Waals surface area contributed by atoms with Gasteiger partial charge in [-0.1, -0.05) is 6.07 Å². The van der Waals surface area contributed by atoms with Crippen molar-refractivity contribution < 1.29 is 26.0 Å². The Balaban J connectivity index is 1.56. The van der Waals surface area contributed by atoms with E-state index < -0.39 is 25.9 Å². The van der Waals surface area contributed by atoms with Crippen molar-refractivity contribution in [2.45, 2.75) is 22.8 Å². The summed E-state index contributed by atoms with van der Waals surface area (Å²) in [6.45, 7) is 0.372. The molecular weight excluding hydrogens is 455 g/mol. The van der Waals surface area contributed by atoms with Crippen LogP contribution in [0.5, 0.6) is 5.75 Å². The Labute approximate surface area is 186 Å². The van der Waals surface area contributed by atoms with Crippen LogP contribution in [-0.2, 0) is 33.0 Å². The fraction of sp³-hybridized carbons (Fsp3) is 0.182. The normalized spacial score (nSPS) is 14.6. The van der Waals surface area contributed by atoms with Gasteiger partial charge in [0.05, 0.1) is 16.9 Å². The molecule has 0 bridgehead atoms. The Kier molecular flexibility index (Phi) is 5.93. The van der Waals surface area contributed by atoms with Crippen LogP contribution in [0.3, 0.4) is 0 Å². The molecule has 1 heterocycles. The second-order valence-electron chi connectivity index (χ2n) is 7.31. The predicted molar refractivity (Wildman–Crippen MR) is 118 cm³/mol. The van der Waals surface area contributed by atoms with E-state index in [1.807, 2.05) is 0 Å². The Bertz CT molecular complexity index is 1340. The van der Waals surface area contributed by atoms with E-state index in [4.69, 9.17) is 4.74 Å². The third kappa shape index (κ3) is 4.47. The van der Waals surface area contributed by atoms with Gasteiger partial charge in [0, 0.05) is 18.8 Å². The zero-order valence-corrected chi connectivity index (χ0v) is 18.8. The molecule has 10 heteroatoms. The summed E-state index contributed by atoms with van der Waals surface area (Å²) in [6.07, 6.45) is 0.487. The number of benzene rings is 3. The van der Waals surface area contributed by atoms with Crippen LogP contribution in [0.25, 0.3) is 0 Å². The Morgan fingerprint density at radius 3 is 2.19 bits per heavy atom. The molecule has 0 unspecified atom stereocenters. The lowest BCUT2D eigenvalue weighted by molar-refractivity contribution is 0.391. The van der Waals surface area contributed by atoms with Crippen molar-refractivity contribution in [3.63, 3.8) is 0 Å². The van der Waals surface area contributed by atoms with Crippen LogP contribution in [0.1, 0.15) is 11.1 Å².